The van der Waals surface area contributed by atoms with Crippen molar-refractivity contribution in [1.82, 2.24) is 15.5 Å². The second-order valence-electron chi connectivity index (χ2n) is 6.28. The molecule has 5 nitrogen and oxygen atoms in total. The second-order valence-corrected chi connectivity index (χ2v) is 6.28. The number of methoxy groups -OCH3 is 1. The van der Waals surface area contributed by atoms with Crippen molar-refractivity contribution in [2.24, 2.45) is 0 Å². The average molecular weight is 319 g/mol. The van der Waals surface area contributed by atoms with Crippen LogP contribution in [0, 0.1) is 0 Å². The summed E-state index contributed by atoms with van der Waals surface area (Å²) in [6, 6.07) is 10.4. The lowest BCUT2D eigenvalue weighted by Crippen LogP contribution is -2.54. The minimum Gasteiger partial charge on any atom is -0.368 e. The Hall–Kier alpha value is -1.43. The van der Waals surface area contributed by atoms with Crippen LogP contribution in [0.3, 0.4) is 0 Å². The van der Waals surface area contributed by atoms with Gasteiger partial charge in [0.05, 0.1) is 0 Å². The molecule has 23 heavy (non-hydrogen) atoms. The van der Waals surface area contributed by atoms with Crippen molar-refractivity contribution < 1.29 is 9.53 Å². The molecule has 1 amide bonds. The SMILES string of the molecule is COC1(C(=O)NCCCN(C)Cc2ccccc2)CCNCC1. The monoisotopic (exact) mass is 319 g/mol. The number of rotatable bonds is 8. The zero-order valence-electron chi connectivity index (χ0n) is 14.3. The van der Waals surface area contributed by atoms with E-state index >= 15 is 0 Å². The summed E-state index contributed by atoms with van der Waals surface area (Å²) in [6.07, 6.45) is 2.42. The van der Waals surface area contributed by atoms with Gasteiger partial charge in [-0.15, -0.1) is 0 Å². The Balaban J connectivity index is 1.67. The number of ether oxygens (including phenoxy) is 1. The number of benzene rings is 1. The highest BCUT2D eigenvalue weighted by atomic mass is 16.5. The molecule has 1 aliphatic rings. The molecular weight excluding hydrogens is 290 g/mol. The van der Waals surface area contributed by atoms with Crippen molar-refractivity contribution in [3.05, 3.63) is 35.9 Å². The molecule has 1 aromatic carbocycles. The predicted molar refractivity (Wildman–Crippen MR) is 92.2 cm³/mol. The number of carbonyl (C=O) groups is 1. The van der Waals surface area contributed by atoms with E-state index in [1.807, 2.05) is 6.07 Å². The third-order valence-electron chi connectivity index (χ3n) is 4.51. The van der Waals surface area contributed by atoms with Crippen LogP contribution in [-0.2, 0) is 16.1 Å². The van der Waals surface area contributed by atoms with Gasteiger partial charge >= 0.3 is 0 Å². The van der Waals surface area contributed by atoms with E-state index in [0.29, 0.717) is 6.54 Å². The molecule has 1 fully saturated rings. The predicted octanol–water partition coefficient (Wildman–Crippen LogP) is 1.39. The third-order valence-corrected chi connectivity index (χ3v) is 4.51. The van der Waals surface area contributed by atoms with E-state index in [9.17, 15) is 4.79 Å². The summed E-state index contributed by atoms with van der Waals surface area (Å²) in [6.45, 7) is 4.25. The van der Waals surface area contributed by atoms with Gasteiger partial charge in [-0.25, -0.2) is 0 Å². The fourth-order valence-corrected chi connectivity index (χ4v) is 3.04. The lowest BCUT2D eigenvalue weighted by molar-refractivity contribution is -0.146. The molecule has 128 valence electrons. The molecule has 1 heterocycles. The number of hydrogen-bond donors (Lipinski definition) is 2. The number of carbonyl (C=O) groups excluding carboxylic acids is 1. The van der Waals surface area contributed by atoms with E-state index < -0.39 is 5.60 Å². The quantitative estimate of drug-likeness (QED) is 0.711. The maximum absolute atomic E-state index is 12.4. The fraction of sp³-hybridized carbons (Fsp3) is 0.611. The summed E-state index contributed by atoms with van der Waals surface area (Å²) in [7, 11) is 3.75. The fourth-order valence-electron chi connectivity index (χ4n) is 3.04. The van der Waals surface area contributed by atoms with Crippen LogP contribution >= 0.6 is 0 Å². The molecule has 1 saturated heterocycles. The molecule has 0 saturated carbocycles. The smallest absolute Gasteiger partial charge is 0.252 e. The van der Waals surface area contributed by atoms with Crippen molar-refractivity contribution >= 4 is 5.91 Å². The van der Waals surface area contributed by atoms with Gasteiger partial charge in [-0.05, 0) is 51.5 Å². The van der Waals surface area contributed by atoms with Gasteiger partial charge in [-0.1, -0.05) is 30.3 Å². The normalized spacial score (nSPS) is 17.2. The van der Waals surface area contributed by atoms with Crippen LogP contribution in [0.4, 0.5) is 0 Å². The van der Waals surface area contributed by atoms with Gasteiger partial charge in [-0.2, -0.15) is 0 Å². The van der Waals surface area contributed by atoms with Crippen LogP contribution < -0.4 is 10.6 Å². The van der Waals surface area contributed by atoms with Gasteiger partial charge in [0.15, 0.2) is 0 Å². The Bertz CT molecular complexity index is 472. The van der Waals surface area contributed by atoms with Crippen LogP contribution in [0.2, 0.25) is 0 Å². The molecule has 2 N–H and O–H groups in total. The average Bonchev–Trinajstić information content (AvgIpc) is 2.60. The first kappa shape index (κ1) is 17.9. The zero-order valence-corrected chi connectivity index (χ0v) is 14.3. The van der Waals surface area contributed by atoms with E-state index in [4.69, 9.17) is 4.74 Å². The van der Waals surface area contributed by atoms with E-state index in [2.05, 4.69) is 46.8 Å². The third kappa shape index (κ3) is 5.30. The van der Waals surface area contributed by atoms with Gasteiger partial charge < -0.3 is 20.3 Å². The first-order chi connectivity index (χ1) is 11.2. The first-order valence-corrected chi connectivity index (χ1v) is 8.43. The van der Waals surface area contributed by atoms with Crippen LogP contribution in [-0.4, -0.2) is 56.7 Å². The maximum atomic E-state index is 12.4. The van der Waals surface area contributed by atoms with E-state index in [0.717, 1.165) is 45.4 Å². The lowest BCUT2D eigenvalue weighted by Gasteiger charge is -2.34. The molecule has 0 radical (unpaired) electrons. The minimum atomic E-state index is -0.638. The van der Waals surface area contributed by atoms with E-state index in [1.54, 1.807) is 7.11 Å². The second kappa shape index (κ2) is 9.01. The van der Waals surface area contributed by atoms with E-state index in [-0.39, 0.29) is 5.91 Å². The molecule has 0 atom stereocenters. The van der Waals surface area contributed by atoms with Crippen molar-refractivity contribution in [1.29, 1.82) is 0 Å². The molecule has 2 rings (SSSR count). The molecular formula is C18H29N3O2. The van der Waals surface area contributed by atoms with Crippen LogP contribution in [0.25, 0.3) is 0 Å². The van der Waals surface area contributed by atoms with Crippen LogP contribution in [0.15, 0.2) is 30.3 Å². The highest BCUT2D eigenvalue weighted by Gasteiger charge is 2.39. The molecule has 1 aliphatic heterocycles. The van der Waals surface area contributed by atoms with Gasteiger partial charge in [0.1, 0.15) is 5.60 Å². The topological polar surface area (TPSA) is 53.6 Å². The van der Waals surface area contributed by atoms with Gasteiger partial charge in [0, 0.05) is 20.2 Å². The standard InChI is InChI=1S/C18H29N3O2/c1-21(15-16-7-4-3-5-8-16)14-6-11-20-17(22)18(23-2)9-12-19-13-10-18/h3-5,7-8,19H,6,9-15H2,1-2H3,(H,20,22). The number of piperidine rings is 1. The summed E-state index contributed by atoms with van der Waals surface area (Å²) in [5.74, 6) is 0.0345. The lowest BCUT2D eigenvalue weighted by atomic mass is 9.91. The Kier molecular flexibility index (Phi) is 7.02. The molecule has 1 aromatic rings. The zero-order chi connectivity index (χ0) is 16.5. The Morgan fingerprint density at radius 2 is 2.00 bits per heavy atom. The van der Waals surface area contributed by atoms with Crippen molar-refractivity contribution in [3.63, 3.8) is 0 Å². The van der Waals surface area contributed by atoms with Gasteiger partial charge in [0.25, 0.3) is 5.91 Å². The van der Waals surface area contributed by atoms with Crippen molar-refractivity contribution in [2.75, 3.05) is 40.3 Å². The van der Waals surface area contributed by atoms with Gasteiger partial charge in [0.2, 0.25) is 0 Å². The number of nitrogens with one attached hydrogen (secondary N) is 2. The van der Waals surface area contributed by atoms with Crippen molar-refractivity contribution in [2.45, 2.75) is 31.4 Å². The van der Waals surface area contributed by atoms with E-state index in [1.165, 1.54) is 5.56 Å². The largest absolute Gasteiger partial charge is 0.368 e. The number of nitrogens with zero attached hydrogens (tertiary/aromatic N) is 1. The van der Waals surface area contributed by atoms with Gasteiger partial charge in [-0.3, -0.25) is 4.79 Å². The molecule has 0 spiro atoms. The van der Waals surface area contributed by atoms with Crippen molar-refractivity contribution in [3.8, 4) is 0 Å². The van der Waals surface area contributed by atoms with Crippen LogP contribution in [0.5, 0.6) is 0 Å². The molecule has 0 aliphatic carbocycles. The summed E-state index contributed by atoms with van der Waals surface area (Å²) in [5, 5.41) is 6.31. The molecule has 0 bridgehead atoms. The minimum absolute atomic E-state index is 0.0345. The Morgan fingerprint density at radius 3 is 2.65 bits per heavy atom. The maximum Gasteiger partial charge on any atom is 0.252 e. The summed E-state index contributed by atoms with van der Waals surface area (Å²) < 4.78 is 5.54. The Labute approximate surface area is 139 Å². The Morgan fingerprint density at radius 1 is 1.30 bits per heavy atom. The summed E-state index contributed by atoms with van der Waals surface area (Å²) in [4.78, 5) is 14.7. The molecule has 0 unspecified atom stereocenters. The summed E-state index contributed by atoms with van der Waals surface area (Å²) in [5.41, 5.74) is 0.674. The number of amides is 1. The summed E-state index contributed by atoms with van der Waals surface area (Å²) >= 11 is 0. The molecule has 5 heteroatoms. The molecule has 0 aromatic heterocycles. The first-order valence-electron chi connectivity index (χ1n) is 8.43. The van der Waals surface area contributed by atoms with Crippen LogP contribution in [0.1, 0.15) is 24.8 Å². The highest BCUT2D eigenvalue weighted by molar-refractivity contribution is 5.85. The highest BCUT2D eigenvalue weighted by Crippen LogP contribution is 2.22. The number of hydrogen-bond acceptors (Lipinski definition) is 4.